The molecule has 0 heterocycles. The van der Waals surface area contributed by atoms with Crippen molar-refractivity contribution >= 4 is 33.2 Å². The molecule has 1 aromatic rings. The summed E-state index contributed by atoms with van der Waals surface area (Å²) < 4.78 is 26.2. The zero-order valence-electron chi connectivity index (χ0n) is 11.7. The summed E-state index contributed by atoms with van der Waals surface area (Å²) in [5.74, 6) is 0. The molecule has 0 aliphatic carbocycles. The van der Waals surface area contributed by atoms with Gasteiger partial charge in [0.2, 0.25) is 10.0 Å². The van der Waals surface area contributed by atoms with Crippen molar-refractivity contribution in [2.75, 3.05) is 34.2 Å². The highest BCUT2D eigenvalue weighted by Gasteiger charge is 2.25. The average Bonchev–Trinajstić information content (AvgIpc) is 2.35. The van der Waals surface area contributed by atoms with Crippen LogP contribution in [0.15, 0.2) is 17.0 Å². The fourth-order valence-electron chi connectivity index (χ4n) is 1.59. The molecule has 0 bridgehead atoms. The Morgan fingerprint density at radius 3 is 2.25 bits per heavy atom. The van der Waals surface area contributed by atoms with Crippen molar-refractivity contribution in [2.45, 2.75) is 11.4 Å². The van der Waals surface area contributed by atoms with Crippen molar-refractivity contribution in [3.05, 3.63) is 27.7 Å². The molecule has 1 aromatic carbocycles. The smallest absolute Gasteiger partial charge is 0.244 e. The Morgan fingerprint density at radius 1 is 1.15 bits per heavy atom. The van der Waals surface area contributed by atoms with Gasteiger partial charge in [-0.2, -0.15) is 4.31 Å². The van der Waals surface area contributed by atoms with Crippen molar-refractivity contribution < 1.29 is 8.42 Å². The van der Waals surface area contributed by atoms with Crippen LogP contribution in [0.4, 0.5) is 0 Å². The molecular weight excluding hydrogens is 321 g/mol. The van der Waals surface area contributed by atoms with Gasteiger partial charge in [-0.05, 0) is 26.2 Å². The van der Waals surface area contributed by atoms with E-state index in [2.05, 4.69) is 0 Å². The van der Waals surface area contributed by atoms with Gasteiger partial charge < -0.3 is 10.6 Å². The summed E-state index contributed by atoms with van der Waals surface area (Å²) >= 11 is 12.1. The van der Waals surface area contributed by atoms with Gasteiger partial charge in [0, 0.05) is 37.3 Å². The average molecular weight is 340 g/mol. The van der Waals surface area contributed by atoms with Crippen LogP contribution in [0.25, 0.3) is 0 Å². The van der Waals surface area contributed by atoms with Crippen molar-refractivity contribution in [2.24, 2.45) is 5.73 Å². The lowest BCUT2D eigenvalue weighted by atomic mass is 10.2. The molecule has 0 amide bonds. The molecule has 20 heavy (non-hydrogen) atoms. The van der Waals surface area contributed by atoms with Gasteiger partial charge in [-0.25, -0.2) is 8.42 Å². The summed E-state index contributed by atoms with van der Waals surface area (Å²) in [6.45, 7) is 1.07. The first-order valence-corrected chi connectivity index (χ1v) is 8.19. The normalized spacial score (nSPS) is 12.4. The second-order valence-corrected chi connectivity index (χ2v) is 7.47. The van der Waals surface area contributed by atoms with Gasteiger partial charge in [0.1, 0.15) is 4.90 Å². The van der Waals surface area contributed by atoms with E-state index >= 15 is 0 Å². The Bertz CT molecular complexity index is 576. The lowest BCUT2D eigenvalue weighted by Gasteiger charge is -2.21. The topological polar surface area (TPSA) is 66.6 Å². The van der Waals surface area contributed by atoms with Gasteiger partial charge in [0.05, 0.1) is 5.02 Å². The molecule has 114 valence electrons. The number of rotatable bonds is 6. The lowest BCUT2D eigenvalue weighted by Crippen LogP contribution is -2.33. The highest BCUT2D eigenvalue weighted by Crippen LogP contribution is 2.32. The third-order valence-electron chi connectivity index (χ3n) is 2.91. The number of nitrogens with zero attached hydrogens (tertiary/aromatic N) is 2. The van der Waals surface area contributed by atoms with E-state index in [4.69, 9.17) is 28.9 Å². The minimum Gasteiger partial charge on any atom is -0.326 e. The van der Waals surface area contributed by atoms with Crippen LogP contribution in [0.5, 0.6) is 0 Å². The lowest BCUT2D eigenvalue weighted by molar-refractivity contribution is 0.358. The minimum absolute atomic E-state index is 0.0327. The fraction of sp³-hybridized carbons (Fsp3) is 0.500. The fourth-order valence-corrected chi connectivity index (χ4v) is 3.66. The molecule has 0 saturated carbocycles. The van der Waals surface area contributed by atoms with E-state index < -0.39 is 10.0 Å². The number of nitrogens with two attached hydrogens (primary N) is 1. The summed E-state index contributed by atoms with van der Waals surface area (Å²) in [5.41, 5.74) is 5.99. The molecule has 0 saturated heterocycles. The first kappa shape index (κ1) is 17.7. The van der Waals surface area contributed by atoms with E-state index in [9.17, 15) is 8.42 Å². The van der Waals surface area contributed by atoms with Crippen LogP contribution in [0.2, 0.25) is 10.0 Å². The first-order chi connectivity index (χ1) is 9.21. The Labute approximate surface area is 130 Å². The molecule has 0 spiro atoms. The van der Waals surface area contributed by atoms with Crippen LogP contribution in [-0.2, 0) is 16.6 Å². The maximum Gasteiger partial charge on any atom is 0.244 e. The summed E-state index contributed by atoms with van der Waals surface area (Å²) in [4.78, 5) is 1.94. The minimum atomic E-state index is -3.65. The van der Waals surface area contributed by atoms with E-state index in [0.717, 1.165) is 0 Å². The predicted molar refractivity (Wildman–Crippen MR) is 82.7 cm³/mol. The molecule has 0 aliphatic rings. The summed E-state index contributed by atoms with van der Waals surface area (Å²) in [6.07, 6.45) is 0. The second kappa shape index (κ2) is 7.06. The number of halogens is 2. The van der Waals surface area contributed by atoms with Crippen LogP contribution in [0, 0.1) is 0 Å². The van der Waals surface area contributed by atoms with Crippen molar-refractivity contribution in [1.82, 2.24) is 9.21 Å². The van der Waals surface area contributed by atoms with Crippen LogP contribution in [0.1, 0.15) is 5.56 Å². The van der Waals surface area contributed by atoms with Crippen molar-refractivity contribution in [3.63, 3.8) is 0 Å². The van der Waals surface area contributed by atoms with Crippen molar-refractivity contribution in [1.29, 1.82) is 0 Å². The molecule has 1 rings (SSSR count). The number of likely N-dealkylation sites (N-methyl/N-ethyl adjacent to an activating group) is 2. The first-order valence-electron chi connectivity index (χ1n) is 5.99. The third kappa shape index (κ3) is 3.84. The molecule has 0 radical (unpaired) electrons. The second-order valence-electron chi connectivity index (χ2n) is 4.67. The van der Waals surface area contributed by atoms with Gasteiger partial charge in [0.15, 0.2) is 0 Å². The Balaban J connectivity index is 3.16. The molecule has 0 aromatic heterocycles. The molecule has 0 unspecified atom stereocenters. The zero-order valence-corrected chi connectivity index (χ0v) is 14.1. The van der Waals surface area contributed by atoms with E-state index in [-0.39, 0.29) is 16.5 Å². The predicted octanol–water partition coefficient (Wildman–Crippen LogP) is 1.63. The zero-order chi connectivity index (χ0) is 15.5. The monoisotopic (exact) mass is 339 g/mol. The van der Waals surface area contributed by atoms with E-state index in [1.165, 1.54) is 23.5 Å². The largest absolute Gasteiger partial charge is 0.326 e. The summed E-state index contributed by atoms with van der Waals surface area (Å²) in [5, 5.41) is 0.462. The number of sulfonamides is 1. The number of hydrogen-bond acceptors (Lipinski definition) is 4. The molecule has 2 N–H and O–H groups in total. The van der Waals surface area contributed by atoms with Crippen LogP contribution in [-0.4, -0.2) is 51.9 Å². The maximum atomic E-state index is 12.5. The molecule has 0 atom stereocenters. The van der Waals surface area contributed by atoms with Gasteiger partial charge in [-0.15, -0.1) is 0 Å². The standard InChI is InChI=1S/C12H19Cl2N3O2S/c1-16(2)6-7-17(3)20(18,19)11-5-4-10(13)9(8-15)12(11)14/h4-5H,6-8,15H2,1-3H3. The molecular formula is C12H19Cl2N3O2S. The van der Waals surface area contributed by atoms with Crippen LogP contribution < -0.4 is 5.73 Å². The number of benzene rings is 1. The SMILES string of the molecule is CN(C)CCN(C)S(=O)(=O)c1ccc(Cl)c(CN)c1Cl. The van der Waals surface area contributed by atoms with Crippen LogP contribution >= 0.6 is 23.2 Å². The quantitative estimate of drug-likeness (QED) is 0.855. The van der Waals surface area contributed by atoms with Gasteiger partial charge in [-0.3, -0.25) is 0 Å². The Morgan fingerprint density at radius 2 is 1.75 bits per heavy atom. The molecule has 0 aliphatic heterocycles. The summed E-state index contributed by atoms with van der Waals surface area (Å²) in [6, 6.07) is 2.91. The number of hydrogen-bond donors (Lipinski definition) is 1. The van der Waals surface area contributed by atoms with E-state index in [1.54, 1.807) is 0 Å². The third-order valence-corrected chi connectivity index (χ3v) is 5.70. The van der Waals surface area contributed by atoms with E-state index in [1.807, 2.05) is 19.0 Å². The Hall–Kier alpha value is -0.370. The Kier molecular flexibility index (Phi) is 6.25. The van der Waals surface area contributed by atoms with Gasteiger partial charge in [-0.1, -0.05) is 23.2 Å². The molecule has 8 heteroatoms. The van der Waals surface area contributed by atoms with Gasteiger partial charge >= 0.3 is 0 Å². The van der Waals surface area contributed by atoms with E-state index in [0.29, 0.717) is 23.7 Å². The summed E-state index contributed by atoms with van der Waals surface area (Å²) in [7, 11) is 1.62. The molecule has 5 nitrogen and oxygen atoms in total. The van der Waals surface area contributed by atoms with Crippen LogP contribution in [0.3, 0.4) is 0 Å². The van der Waals surface area contributed by atoms with Gasteiger partial charge in [0.25, 0.3) is 0 Å². The highest BCUT2D eigenvalue weighted by atomic mass is 35.5. The molecule has 0 fully saturated rings. The van der Waals surface area contributed by atoms with Crippen molar-refractivity contribution in [3.8, 4) is 0 Å². The highest BCUT2D eigenvalue weighted by molar-refractivity contribution is 7.89. The maximum absolute atomic E-state index is 12.5.